The van der Waals surface area contributed by atoms with Crippen LogP contribution in [0.4, 0.5) is 0 Å². The molecule has 0 heterocycles. The third kappa shape index (κ3) is 18.7. The highest BCUT2D eigenvalue weighted by molar-refractivity contribution is 4.55. The van der Waals surface area contributed by atoms with Crippen molar-refractivity contribution >= 4 is 0 Å². The Morgan fingerprint density at radius 2 is 0.885 bits per heavy atom. The second kappa shape index (κ2) is 18.3. The van der Waals surface area contributed by atoms with Crippen LogP contribution in [0, 0.1) is 5.92 Å². The summed E-state index contributed by atoms with van der Waals surface area (Å²) in [6.45, 7) is 9.83. The van der Waals surface area contributed by atoms with E-state index in [-0.39, 0.29) is 0 Å². The summed E-state index contributed by atoms with van der Waals surface area (Å²) in [5, 5.41) is 0. The van der Waals surface area contributed by atoms with Crippen LogP contribution in [0.1, 0.15) is 130 Å². The van der Waals surface area contributed by atoms with Crippen molar-refractivity contribution in [2.45, 2.75) is 130 Å². The molecule has 158 valence electrons. The summed E-state index contributed by atoms with van der Waals surface area (Å²) in [4.78, 5) is 0. The lowest BCUT2D eigenvalue weighted by Gasteiger charge is -2.30. The maximum absolute atomic E-state index is 2.48. The average Bonchev–Trinajstić information content (AvgIpc) is 2.60. The van der Waals surface area contributed by atoms with Gasteiger partial charge in [0.15, 0.2) is 0 Å². The zero-order valence-electron chi connectivity index (χ0n) is 19.5. The molecule has 0 aromatic heterocycles. The predicted octanol–water partition coefficient (Wildman–Crippen LogP) is 8.37. The molecule has 0 spiro atoms. The van der Waals surface area contributed by atoms with Crippen molar-refractivity contribution in [2.24, 2.45) is 5.92 Å². The Morgan fingerprint density at radius 1 is 0.500 bits per heavy atom. The number of unbranched alkanes of at least 4 members (excludes halogenated alkanes) is 12. The fourth-order valence-electron chi connectivity index (χ4n) is 4.07. The monoisotopic (exact) mass is 368 g/mol. The molecule has 0 aromatic carbocycles. The molecule has 0 N–H and O–H groups in total. The zero-order valence-corrected chi connectivity index (χ0v) is 19.5. The molecule has 0 radical (unpaired) electrons. The highest BCUT2D eigenvalue weighted by Crippen LogP contribution is 2.17. The molecule has 0 saturated carbocycles. The van der Waals surface area contributed by atoms with E-state index in [1.54, 1.807) is 0 Å². The summed E-state index contributed by atoms with van der Waals surface area (Å²) >= 11 is 0. The Morgan fingerprint density at radius 3 is 1.42 bits per heavy atom. The van der Waals surface area contributed by atoms with E-state index < -0.39 is 0 Å². The summed E-state index contributed by atoms with van der Waals surface area (Å²) in [6, 6.07) is 0. The minimum absolute atomic E-state index is 0.935. The van der Waals surface area contributed by atoms with Crippen LogP contribution < -0.4 is 0 Å². The number of quaternary nitrogens is 1. The molecule has 0 aliphatic rings. The first kappa shape index (κ1) is 26.0. The molecule has 0 fully saturated rings. The van der Waals surface area contributed by atoms with Crippen LogP contribution in [0.3, 0.4) is 0 Å². The molecular weight excluding hydrogens is 314 g/mol. The third-order valence-corrected chi connectivity index (χ3v) is 6.13. The minimum atomic E-state index is 0.935. The van der Waals surface area contributed by atoms with Gasteiger partial charge in [-0.15, -0.1) is 0 Å². The zero-order chi connectivity index (χ0) is 19.5. The second-order valence-corrected chi connectivity index (χ2v) is 9.66. The van der Waals surface area contributed by atoms with Crippen molar-refractivity contribution in [3.8, 4) is 0 Å². The summed E-state index contributed by atoms with van der Waals surface area (Å²) < 4.78 is 1.24. The van der Waals surface area contributed by atoms with Crippen molar-refractivity contribution in [1.29, 1.82) is 0 Å². The molecule has 1 unspecified atom stereocenters. The lowest BCUT2D eigenvalue weighted by atomic mass is 9.97. The van der Waals surface area contributed by atoms with Gasteiger partial charge in [-0.3, -0.25) is 0 Å². The maximum atomic E-state index is 2.48. The fraction of sp³-hybridized carbons (Fsp3) is 1.00. The Bertz CT molecular complexity index is 271. The quantitative estimate of drug-likeness (QED) is 0.149. The van der Waals surface area contributed by atoms with E-state index in [2.05, 4.69) is 34.9 Å². The van der Waals surface area contributed by atoms with Gasteiger partial charge in [-0.05, 0) is 31.6 Å². The largest absolute Gasteiger partial charge is 0.328 e. The van der Waals surface area contributed by atoms with Gasteiger partial charge in [0, 0.05) is 0 Å². The minimum Gasteiger partial charge on any atom is -0.328 e. The van der Waals surface area contributed by atoms with Crippen LogP contribution >= 0.6 is 0 Å². The number of hydrogen-bond acceptors (Lipinski definition) is 0. The van der Waals surface area contributed by atoms with Gasteiger partial charge >= 0.3 is 0 Å². The van der Waals surface area contributed by atoms with E-state index in [0.717, 1.165) is 5.92 Å². The average molecular weight is 369 g/mol. The normalized spacial score (nSPS) is 13.3. The van der Waals surface area contributed by atoms with Gasteiger partial charge in [-0.25, -0.2) is 0 Å². The van der Waals surface area contributed by atoms with E-state index in [0.29, 0.717) is 0 Å². The lowest BCUT2D eigenvalue weighted by molar-refractivity contribution is -0.890. The number of nitrogens with zero attached hydrogens (tertiary/aromatic N) is 1. The molecule has 1 atom stereocenters. The topological polar surface area (TPSA) is 0 Å². The van der Waals surface area contributed by atoms with Gasteiger partial charge in [0.25, 0.3) is 0 Å². The van der Waals surface area contributed by atoms with Crippen LogP contribution in [-0.2, 0) is 0 Å². The number of hydrogen-bond donors (Lipinski definition) is 0. The molecule has 0 aliphatic heterocycles. The highest BCUT2D eigenvalue weighted by Gasteiger charge is 2.14. The Balaban J connectivity index is 3.49. The molecule has 0 aliphatic carbocycles. The molecule has 1 heteroatoms. The molecule has 0 rings (SSSR count). The fourth-order valence-corrected chi connectivity index (χ4v) is 4.07. The van der Waals surface area contributed by atoms with Crippen molar-refractivity contribution < 1.29 is 4.48 Å². The van der Waals surface area contributed by atoms with Crippen LogP contribution in [0.2, 0.25) is 0 Å². The first-order chi connectivity index (χ1) is 12.5. The first-order valence-electron chi connectivity index (χ1n) is 12.3. The highest BCUT2D eigenvalue weighted by atomic mass is 15.3. The Kier molecular flexibility index (Phi) is 18.3. The molecular formula is C25H54N+. The summed E-state index contributed by atoms with van der Waals surface area (Å²) in [5.41, 5.74) is 0. The molecule has 26 heavy (non-hydrogen) atoms. The van der Waals surface area contributed by atoms with Gasteiger partial charge in [-0.2, -0.15) is 0 Å². The lowest BCUT2D eigenvalue weighted by Crippen LogP contribution is -2.41. The van der Waals surface area contributed by atoms with Crippen molar-refractivity contribution in [3.05, 3.63) is 0 Å². The van der Waals surface area contributed by atoms with E-state index >= 15 is 0 Å². The van der Waals surface area contributed by atoms with E-state index in [1.807, 2.05) is 0 Å². The predicted molar refractivity (Wildman–Crippen MR) is 121 cm³/mol. The molecule has 1 nitrogen and oxygen atoms in total. The molecule has 0 saturated heterocycles. The van der Waals surface area contributed by atoms with Crippen LogP contribution in [0.25, 0.3) is 0 Å². The first-order valence-corrected chi connectivity index (χ1v) is 12.3. The second-order valence-electron chi connectivity index (χ2n) is 9.66. The van der Waals surface area contributed by atoms with Crippen LogP contribution in [0.15, 0.2) is 0 Å². The molecule has 0 amide bonds. The molecule has 0 aromatic rings. The Hall–Kier alpha value is -0.0400. The van der Waals surface area contributed by atoms with Crippen molar-refractivity contribution in [2.75, 3.05) is 27.2 Å². The summed E-state index contributed by atoms with van der Waals surface area (Å²) in [6.07, 6.45) is 24.4. The van der Waals surface area contributed by atoms with Gasteiger partial charge in [0.2, 0.25) is 0 Å². The van der Waals surface area contributed by atoms with Gasteiger partial charge in [-0.1, -0.05) is 104 Å². The number of rotatable bonds is 20. The van der Waals surface area contributed by atoms with E-state index in [1.165, 1.54) is 127 Å². The van der Waals surface area contributed by atoms with Gasteiger partial charge in [0.05, 0.1) is 27.2 Å². The van der Waals surface area contributed by atoms with Crippen LogP contribution in [0.5, 0.6) is 0 Å². The SMILES string of the molecule is CCCCCCCCCC[N+](C)(C)CCCC(C)CCCCCCCC. The van der Waals surface area contributed by atoms with Gasteiger partial charge < -0.3 is 4.48 Å². The Labute approximate surface area is 167 Å². The summed E-state index contributed by atoms with van der Waals surface area (Å²) in [5.74, 6) is 0.935. The van der Waals surface area contributed by atoms with Crippen LogP contribution in [-0.4, -0.2) is 31.7 Å². The van der Waals surface area contributed by atoms with Gasteiger partial charge in [0.1, 0.15) is 0 Å². The molecule has 0 bridgehead atoms. The maximum Gasteiger partial charge on any atom is 0.0782 e. The standard InChI is InChI=1S/C25H54N/c1-6-8-10-12-14-15-17-19-23-26(4,5)24-20-22-25(3)21-18-16-13-11-9-7-2/h25H,6-24H2,1-5H3/q+1. The van der Waals surface area contributed by atoms with E-state index in [4.69, 9.17) is 0 Å². The third-order valence-electron chi connectivity index (χ3n) is 6.13. The smallest absolute Gasteiger partial charge is 0.0782 e. The van der Waals surface area contributed by atoms with E-state index in [9.17, 15) is 0 Å². The summed E-state index contributed by atoms with van der Waals surface area (Å²) in [7, 11) is 4.89. The van der Waals surface area contributed by atoms with Crippen molar-refractivity contribution in [3.63, 3.8) is 0 Å². The van der Waals surface area contributed by atoms with Crippen molar-refractivity contribution in [1.82, 2.24) is 0 Å².